The molecular formula is C18H29N3O5S. The highest BCUT2D eigenvalue weighted by molar-refractivity contribution is 7.89. The normalized spacial score (nSPS) is 12.0. The molecule has 9 heteroatoms. The van der Waals surface area contributed by atoms with Gasteiger partial charge in [0.15, 0.2) is 0 Å². The van der Waals surface area contributed by atoms with Gasteiger partial charge in [0.1, 0.15) is 0 Å². The van der Waals surface area contributed by atoms with Crippen molar-refractivity contribution < 1.29 is 23.1 Å². The molecule has 0 fully saturated rings. The second-order valence-corrected chi connectivity index (χ2v) is 8.73. The van der Waals surface area contributed by atoms with Gasteiger partial charge in [-0.1, -0.05) is 13.8 Å². The van der Waals surface area contributed by atoms with Crippen LogP contribution < -0.4 is 10.5 Å². The number of benzene rings is 1. The number of carbonyl (C=O) groups is 2. The van der Waals surface area contributed by atoms with Crippen LogP contribution in [0.3, 0.4) is 0 Å². The van der Waals surface area contributed by atoms with Gasteiger partial charge in [-0.25, -0.2) is 13.1 Å². The van der Waals surface area contributed by atoms with E-state index in [4.69, 9.17) is 5.73 Å². The van der Waals surface area contributed by atoms with Gasteiger partial charge in [-0.15, -0.1) is 0 Å². The zero-order valence-corrected chi connectivity index (χ0v) is 17.1. The lowest BCUT2D eigenvalue weighted by atomic mass is 10.1. The van der Waals surface area contributed by atoms with Crippen LogP contribution in [0.15, 0.2) is 23.1 Å². The van der Waals surface area contributed by atoms with Crippen molar-refractivity contribution >= 4 is 21.8 Å². The molecule has 1 rings (SSSR count). The smallest absolute Gasteiger partial charge is 0.253 e. The molecule has 27 heavy (non-hydrogen) atoms. The SMILES string of the molecule is CCCN(CCC)C(=O)c1cc(C(N)=O)cc(S(=O)(=O)NC(C)(C)CO)c1. The summed E-state index contributed by atoms with van der Waals surface area (Å²) in [5, 5.41) is 9.32. The number of nitrogens with zero attached hydrogens (tertiary/aromatic N) is 1. The molecule has 0 spiro atoms. The summed E-state index contributed by atoms with van der Waals surface area (Å²) >= 11 is 0. The number of sulfonamides is 1. The third kappa shape index (κ3) is 6.30. The van der Waals surface area contributed by atoms with Crippen LogP contribution in [-0.2, 0) is 10.0 Å². The second kappa shape index (κ2) is 9.29. The molecular weight excluding hydrogens is 370 g/mol. The molecule has 0 saturated heterocycles. The maximum Gasteiger partial charge on any atom is 0.253 e. The third-order valence-corrected chi connectivity index (χ3v) is 5.51. The standard InChI is InChI=1S/C18H29N3O5S/c1-5-7-21(8-6-2)17(24)14-9-13(16(19)23)10-15(11-14)27(25,26)20-18(3,4)12-22/h9-11,20,22H,5-8,12H2,1-4H3,(H2,19,23). The van der Waals surface area contributed by atoms with Gasteiger partial charge in [0, 0.05) is 24.2 Å². The van der Waals surface area contributed by atoms with Gasteiger partial charge in [-0.3, -0.25) is 9.59 Å². The van der Waals surface area contributed by atoms with Gasteiger partial charge in [0.05, 0.1) is 17.0 Å². The fourth-order valence-electron chi connectivity index (χ4n) is 2.51. The molecule has 0 aliphatic heterocycles. The van der Waals surface area contributed by atoms with E-state index in [9.17, 15) is 23.1 Å². The first-order valence-electron chi connectivity index (χ1n) is 8.86. The topological polar surface area (TPSA) is 130 Å². The summed E-state index contributed by atoms with van der Waals surface area (Å²) in [6.07, 6.45) is 1.50. The van der Waals surface area contributed by atoms with E-state index in [-0.39, 0.29) is 21.9 Å². The first-order valence-corrected chi connectivity index (χ1v) is 10.3. The molecule has 0 heterocycles. The van der Waals surface area contributed by atoms with Crippen LogP contribution in [0.1, 0.15) is 61.3 Å². The van der Waals surface area contributed by atoms with Crippen LogP contribution in [0.25, 0.3) is 0 Å². The van der Waals surface area contributed by atoms with Crippen LogP contribution >= 0.6 is 0 Å². The number of hydrogen-bond acceptors (Lipinski definition) is 5. The van der Waals surface area contributed by atoms with Crippen molar-refractivity contribution in [3.63, 3.8) is 0 Å². The summed E-state index contributed by atoms with van der Waals surface area (Å²) in [6, 6.07) is 3.65. The average Bonchev–Trinajstić information content (AvgIpc) is 2.59. The van der Waals surface area contributed by atoms with E-state index in [0.29, 0.717) is 13.1 Å². The van der Waals surface area contributed by atoms with Crippen LogP contribution in [-0.4, -0.2) is 55.5 Å². The largest absolute Gasteiger partial charge is 0.394 e. The number of hydrogen-bond donors (Lipinski definition) is 3. The lowest BCUT2D eigenvalue weighted by Crippen LogP contribution is -2.46. The van der Waals surface area contributed by atoms with Gasteiger partial charge in [0.25, 0.3) is 5.91 Å². The molecule has 2 amide bonds. The summed E-state index contributed by atoms with van der Waals surface area (Å²) in [6.45, 7) is 7.52. The van der Waals surface area contributed by atoms with E-state index in [1.807, 2.05) is 13.8 Å². The zero-order chi connectivity index (χ0) is 20.8. The molecule has 0 atom stereocenters. The minimum Gasteiger partial charge on any atom is -0.394 e. The summed E-state index contributed by atoms with van der Waals surface area (Å²) in [7, 11) is -4.08. The van der Waals surface area contributed by atoms with Gasteiger partial charge in [0.2, 0.25) is 15.9 Å². The van der Waals surface area contributed by atoms with Gasteiger partial charge < -0.3 is 15.7 Å². The van der Waals surface area contributed by atoms with Gasteiger partial charge >= 0.3 is 0 Å². The Labute approximate surface area is 160 Å². The van der Waals surface area contributed by atoms with Gasteiger partial charge in [-0.2, -0.15) is 0 Å². The maximum absolute atomic E-state index is 12.8. The first-order chi connectivity index (χ1) is 12.5. The van der Waals surface area contributed by atoms with Gasteiger partial charge in [-0.05, 0) is 44.9 Å². The van der Waals surface area contributed by atoms with Crippen LogP contribution in [0.2, 0.25) is 0 Å². The van der Waals surface area contributed by atoms with Crippen molar-refractivity contribution in [1.82, 2.24) is 9.62 Å². The Bertz CT molecular complexity index is 784. The molecule has 1 aromatic carbocycles. The first kappa shape index (κ1) is 23.1. The monoisotopic (exact) mass is 399 g/mol. The number of aliphatic hydroxyl groups excluding tert-OH is 1. The highest BCUT2D eigenvalue weighted by Gasteiger charge is 2.27. The quantitative estimate of drug-likeness (QED) is 0.542. The molecule has 0 bridgehead atoms. The molecule has 0 unspecified atom stereocenters. The van der Waals surface area contributed by atoms with E-state index < -0.39 is 28.1 Å². The lowest BCUT2D eigenvalue weighted by molar-refractivity contribution is 0.0755. The fraction of sp³-hybridized carbons (Fsp3) is 0.556. The Morgan fingerprint density at radius 1 is 1.11 bits per heavy atom. The van der Waals surface area contributed by atoms with E-state index in [1.165, 1.54) is 26.0 Å². The Morgan fingerprint density at radius 2 is 1.63 bits per heavy atom. The van der Waals surface area contributed by atoms with E-state index in [0.717, 1.165) is 18.9 Å². The number of nitrogens with two attached hydrogens (primary N) is 1. The van der Waals surface area contributed by atoms with Crippen LogP contribution in [0, 0.1) is 0 Å². The average molecular weight is 400 g/mol. The molecule has 0 radical (unpaired) electrons. The number of amides is 2. The maximum atomic E-state index is 12.8. The predicted octanol–water partition coefficient (Wildman–Crippen LogP) is 1.10. The summed E-state index contributed by atoms with van der Waals surface area (Å²) in [4.78, 5) is 25.9. The Kier molecular flexibility index (Phi) is 7.94. The number of aliphatic hydroxyl groups is 1. The predicted molar refractivity (Wildman–Crippen MR) is 103 cm³/mol. The summed E-state index contributed by atoms with van der Waals surface area (Å²) in [5.41, 5.74) is 4.22. The fourth-order valence-corrected chi connectivity index (χ4v) is 3.99. The van der Waals surface area contributed by atoms with Crippen molar-refractivity contribution in [2.45, 2.75) is 51.0 Å². The van der Waals surface area contributed by atoms with Crippen molar-refractivity contribution in [2.24, 2.45) is 5.73 Å². The summed E-state index contributed by atoms with van der Waals surface area (Å²) < 4.78 is 27.7. The molecule has 8 nitrogen and oxygen atoms in total. The van der Waals surface area contributed by atoms with Crippen molar-refractivity contribution in [2.75, 3.05) is 19.7 Å². The minimum absolute atomic E-state index is 0.0732. The van der Waals surface area contributed by atoms with Crippen LogP contribution in [0.5, 0.6) is 0 Å². The Morgan fingerprint density at radius 3 is 2.07 bits per heavy atom. The minimum atomic E-state index is -4.08. The number of nitrogens with one attached hydrogen (secondary N) is 1. The molecule has 0 aromatic heterocycles. The van der Waals surface area contributed by atoms with Crippen molar-refractivity contribution in [1.29, 1.82) is 0 Å². The van der Waals surface area contributed by atoms with E-state index >= 15 is 0 Å². The number of carbonyl (C=O) groups excluding carboxylic acids is 2. The molecule has 0 aliphatic carbocycles. The van der Waals surface area contributed by atoms with E-state index in [1.54, 1.807) is 4.90 Å². The Hall–Kier alpha value is -1.97. The highest BCUT2D eigenvalue weighted by atomic mass is 32.2. The van der Waals surface area contributed by atoms with Crippen molar-refractivity contribution in [3.8, 4) is 0 Å². The molecule has 152 valence electrons. The molecule has 0 saturated carbocycles. The number of rotatable bonds is 10. The van der Waals surface area contributed by atoms with Crippen LogP contribution in [0.4, 0.5) is 0 Å². The van der Waals surface area contributed by atoms with Crippen molar-refractivity contribution in [3.05, 3.63) is 29.3 Å². The molecule has 4 N–H and O–H groups in total. The van der Waals surface area contributed by atoms with E-state index in [2.05, 4.69) is 4.72 Å². The third-order valence-electron chi connectivity index (χ3n) is 3.83. The lowest BCUT2D eigenvalue weighted by Gasteiger charge is -2.24. The highest BCUT2D eigenvalue weighted by Crippen LogP contribution is 2.19. The zero-order valence-electron chi connectivity index (χ0n) is 16.3. The Balaban J connectivity index is 3.44. The number of primary amides is 1. The molecule has 0 aliphatic rings. The summed E-state index contributed by atoms with van der Waals surface area (Å²) in [5.74, 6) is -1.19. The second-order valence-electron chi connectivity index (χ2n) is 7.05. The molecule has 1 aromatic rings.